The zero-order chi connectivity index (χ0) is 17.2. The highest BCUT2D eigenvalue weighted by Crippen LogP contribution is 2.34. The molecule has 1 amide bonds. The topological polar surface area (TPSA) is 49.3 Å². The van der Waals surface area contributed by atoms with Crippen molar-refractivity contribution < 1.29 is 4.79 Å². The summed E-state index contributed by atoms with van der Waals surface area (Å²) in [5, 5.41) is 2.09. The first kappa shape index (κ1) is 16.8. The van der Waals surface area contributed by atoms with Crippen LogP contribution in [-0.4, -0.2) is 46.5 Å². The van der Waals surface area contributed by atoms with Crippen LogP contribution < -0.4 is 4.90 Å². The van der Waals surface area contributed by atoms with Crippen molar-refractivity contribution in [3.63, 3.8) is 0 Å². The SMILES string of the molecule is CC(=O)N1CCCCCC1C1CCN(c2ncnc3ccsc23)CC1. The minimum Gasteiger partial charge on any atom is -0.355 e. The zero-order valence-electron chi connectivity index (χ0n) is 14.9. The van der Waals surface area contributed by atoms with Crippen molar-refractivity contribution in [2.24, 2.45) is 5.92 Å². The molecule has 1 unspecified atom stereocenters. The maximum atomic E-state index is 12.1. The van der Waals surface area contributed by atoms with E-state index < -0.39 is 0 Å². The number of nitrogens with zero attached hydrogens (tertiary/aromatic N) is 4. The van der Waals surface area contributed by atoms with E-state index in [0.717, 1.165) is 50.2 Å². The molecule has 25 heavy (non-hydrogen) atoms. The van der Waals surface area contributed by atoms with E-state index in [9.17, 15) is 4.79 Å². The van der Waals surface area contributed by atoms with E-state index in [0.29, 0.717) is 12.0 Å². The summed E-state index contributed by atoms with van der Waals surface area (Å²) < 4.78 is 1.20. The number of piperidine rings is 1. The van der Waals surface area contributed by atoms with Gasteiger partial charge < -0.3 is 9.80 Å². The molecule has 2 aliphatic rings. The lowest BCUT2D eigenvalue weighted by Gasteiger charge is -2.40. The fourth-order valence-electron chi connectivity index (χ4n) is 4.51. The molecule has 6 heteroatoms. The second-order valence-electron chi connectivity index (χ2n) is 7.29. The molecule has 0 N–H and O–H groups in total. The molecular formula is C19H26N4OS. The fraction of sp³-hybridized carbons (Fsp3) is 0.632. The molecule has 4 heterocycles. The Morgan fingerprint density at radius 3 is 2.76 bits per heavy atom. The van der Waals surface area contributed by atoms with Gasteiger partial charge in [-0.3, -0.25) is 4.79 Å². The number of rotatable bonds is 2. The largest absolute Gasteiger partial charge is 0.355 e. The number of hydrogen-bond acceptors (Lipinski definition) is 5. The average molecular weight is 359 g/mol. The van der Waals surface area contributed by atoms with Gasteiger partial charge in [-0.05, 0) is 43.0 Å². The summed E-state index contributed by atoms with van der Waals surface area (Å²) in [5.41, 5.74) is 1.05. The van der Waals surface area contributed by atoms with Gasteiger partial charge in [0.25, 0.3) is 0 Å². The zero-order valence-corrected chi connectivity index (χ0v) is 15.7. The van der Waals surface area contributed by atoms with E-state index in [4.69, 9.17) is 0 Å². The van der Waals surface area contributed by atoms with Crippen molar-refractivity contribution in [1.29, 1.82) is 0 Å². The molecular weight excluding hydrogens is 332 g/mol. The third-order valence-electron chi connectivity index (χ3n) is 5.81. The summed E-state index contributed by atoms with van der Waals surface area (Å²) in [6.07, 6.45) is 8.82. The fourth-order valence-corrected chi connectivity index (χ4v) is 5.37. The lowest BCUT2D eigenvalue weighted by molar-refractivity contribution is -0.132. The molecule has 0 spiro atoms. The first-order valence-electron chi connectivity index (χ1n) is 9.44. The number of carbonyl (C=O) groups is 1. The van der Waals surface area contributed by atoms with E-state index >= 15 is 0 Å². The molecule has 4 rings (SSSR count). The van der Waals surface area contributed by atoms with Crippen LogP contribution in [-0.2, 0) is 4.79 Å². The van der Waals surface area contributed by atoms with Crippen molar-refractivity contribution in [2.75, 3.05) is 24.5 Å². The van der Waals surface area contributed by atoms with Crippen LogP contribution in [0.1, 0.15) is 45.4 Å². The van der Waals surface area contributed by atoms with E-state index in [2.05, 4.69) is 31.2 Å². The standard InChI is InChI=1S/C19H26N4OS/c1-14(24)23-9-4-2-3-5-17(23)15-6-10-22(11-7-15)19-18-16(8-12-25-18)20-13-21-19/h8,12-13,15,17H,2-7,9-11H2,1H3. The van der Waals surface area contributed by atoms with E-state index in [1.54, 1.807) is 24.6 Å². The van der Waals surface area contributed by atoms with E-state index in [1.165, 1.54) is 24.0 Å². The molecule has 1 atom stereocenters. The van der Waals surface area contributed by atoms with Crippen LogP contribution in [0.2, 0.25) is 0 Å². The Kier molecular flexibility index (Phi) is 4.88. The molecule has 2 fully saturated rings. The molecule has 0 bridgehead atoms. The lowest BCUT2D eigenvalue weighted by atomic mass is 9.86. The van der Waals surface area contributed by atoms with Crippen LogP contribution in [0.5, 0.6) is 0 Å². The Hall–Kier alpha value is -1.69. The van der Waals surface area contributed by atoms with Crippen LogP contribution >= 0.6 is 11.3 Å². The van der Waals surface area contributed by atoms with Gasteiger partial charge >= 0.3 is 0 Å². The second-order valence-corrected chi connectivity index (χ2v) is 8.20. The van der Waals surface area contributed by atoms with Gasteiger partial charge in [0.2, 0.25) is 5.91 Å². The number of fused-ring (bicyclic) bond motifs is 1. The third-order valence-corrected chi connectivity index (χ3v) is 6.71. The summed E-state index contributed by atoms with van der Waals surface area (Å²) in [6, 6.07) is 2.50. The van der Waals surface area contributed by atoms with Crippen molar-refractivity contribution in [3.8, 4) is 0 Å². The minimum absolute atomic E-state index is 0.255. The van der Waals surface area contributed by atoms with Crippen molar-refractivity contribution in [1.82, 2.24) is 14.9 Å². The highest BCUT2D eigenvalue weighted by Gasteiger charge is 2.33. The molecule has 2 aromatic heterocycles. The van der Waals surface area contributed by atoms with Crippen LogP contribution in [0.15, 0.2) is 17.8 Å². The van der Waals surface area contributed by atoms with Gasteiger partial charge in [0.1, 0.15) is 12.1 Å². The lowest BCUT2D eigenvalue weighted by Crippen LogP contribution is -2.47. The summed E-state index contributed by atoms with van der Waals surface area (Å²) >= 11 is 1.72. The molecule has 5 nitrogen and oxygen atoms in total. The number of carbonyl (C=O) groups excluding carboxylic acids is 1. The molecule has 0 saturated carbocycles. The summed E-state index contributed by atoms with van der Waals surface area (Å²) in [4.78, 5) is 25.6. The highest BCUT2D eigenvalue weighted by molar-refractivity contribution is 7.17. The Balaban J connectivity index is 1.47. The number of hydrogen-bond donors (Lipinski definition) is 0. The van der Waals surface area contributed by atoms with Crippen LogP contribution in [0, 0.1) is 5.92 Å². The van der Waals surface area contributed by atoms with Gasteiger partial charge in [-0.2, -0.15) is 0 Å². The van der Waals surface area contributed by atoms with Gasteiger partial charge in [0, 0.05) is 32.6 Å². The number of anilines is 1. The first-order chi connectivity index (χ1) is 12.2. The minimum atomic E-state index is 0.255. The molecule has 2 aromatic rings. The number of thiophene rings is 1. The van der Waals surface area contributed by atoms with Gasteiger partial charge in [-0.25, -0.2) is 9.97 Å². The molecule has 134 valence electrons. The Morgan fingerprint density at radius 1 is 1.12 bits per heavy atom. The smallest absolute Gasteiger partial charge is 0.219 e. The maximum Gasteiger partial charge on any atom is 0.219 e. The number of aromatic nitrogens is 2. The van der Waals surface area contributed by atoms with Gasteiger partial charge in [-0.15, -0.1) is 11.3 Å². The first-order valence-corrected chi connectivity index (χ1v) is 10.3. The van der Waals surface area contributed by atoms with Crippen molar-refractivity contribution >= 4 is 33.3 Å². The molecule has 0 aliphatic carbocycles. The summed E-state index contributed by atoms with van der Waals surface area (Å²) in [6.45, 7) is 4.73. The monoisotopic (exact) mass is 358 g/mol. The Bertz CT molecular complexity index is 738. The van der Waals surface area contributed by atoms with Gasteiger partial charge in [-0.1, -0.05) is 12.8 Å². The number of amides is 1. The Labute approximate surface area is 153 Å². The van der Waals surface area contributed by atoms with E-state index in [1.807, 2.05) is 0 Å². The third kappa shape index (κ3) is 3.36. The van der Waals surface area contributed by atoms with Gasteiger partial charge in [0.15, 0.2) is 0 Å². The van der Waals surface area contributed by atoms with Gasteiger partial charge in [0.05, 0.1) is 10.2 Å². The van der Waals surface area contributed by atoms with Crippen LogP contribution in [0.25, 0.3) is 10.2 Å². The second kappa shape index (κ2) is 7.28. The maximum absolute atomic E-state index is 12.1. The molecule has 0 radical (unpaired) electrons. The summed E-state index contributed by atoms with van der Waals surface area (Å²) in [7, 11) is 0. The predicted octanol–water partition coefficient (Wildman–Crippen LogP) is 3.70. The predicted molar refractivity (Wildman–Crippen MR) is 102 cm³/mol. The van der Waals surface area contributed by atoms with Crippen LogP contribution in [0.4, 0.5) is 5.82 Å². The Morgan fingerprint density at radius 2 is 1.96 bits per heavy atom. The average Bonchev–Trinajstić information content (AvgIpc) is 2.97. The highest BCUT2D eigenvalue weighted by atomic mass is 32.1. The van der Waals surface area contributed by atoms with Crippen molar-refractivity contribution in [3.05, 3.63) is 17.8 Å². The summed E-state index contributed by atoms with van der Waals surface area (Å²) in [5.74, 6) is 1.96. The molecule has 2 saturated heterocycles. The van der Waals surface area contributed by atoms with E-state index in [-0.39, 0.29) is 5.91 Å². The quantitative estimate of drug-likeness (QED) is 0.821. The molecule has 0 aromatic carbocycles. The normalized spacial score (nSPS) is 23.0. The van der Waals surface area contributed by atoms with Crippen LogP contribution in [0.3, 0.4) is 0 Å². The molecule has 2 aliphatic heterocycles. The van der Waals surface area contributed by atoms with Crippen molar-refractivity contribution in [2.45, 2.75) is 51.5 Å². The number of likely N-dealkylation sites (tertiary alicyclic amines) is 1.